The van der Waals surface area contributed by atoms with Crippen molar-refractivity contribution in [1.82, 2.24) is 5.32 Å². The van der Waals surface area contributed by atoms with E-state index in [1.165, 1.54) is 16.7 Å². The van der Waals surface area contributed by atoms with Gasteiger partial charge in [0.1, 0.15) is 5.75 Å². The normalized spacial score (nSPS) is 12.0. The van der Waals surface area contributed by atoms with Crippen molar-refractivity contribution in [3.05, 3.63) is 66.2 Å². The zero-order chi connectivity index (χ0) is 15.9. The SMILES string of the molecule is C=C(C)CCNC(C)c1ccc(-c2ccccc2OC)cc1. The molecule has 1 N–H and O–H groups in total. The minimum atomic E-state index is 0.339. The molecule has 2 aromatic carbocycles. The number of hydrogen-bond donors (Lipinski definition) is 1. The van der Waals surface area contributed by atoms with Crippen molar-refractivity contribution in [3.8, 4) is 16.9 Å². The molecular formula is C20H25NO. The van der Waals surface area contributed by atoms with Crippen LogP contribution in [0.1, 0.15) is 31.9 Å². The highest BCUT2D eigenvalue weighted by Gasteiger charge is 2.07. The van der Waals surface area contributed by atoms with Crippen LogP contribution in [-0.4, -0.2) is 13.7 Å². The van der Waals surface area contributed by atoms with Gasteiger partial charge in [0.15, 0.2) is 0 Å². The molecule has 0 spiro atoms. The predicted octanol–water partition coefficient (Wildman–Crippen LogP) is 4.98. The van der Waals surface area contributed by atoms with Gasteiger partial charge in [-0.1, -0.05) is 48.0 Å². The van der Waals surface area contributed by atoms with Gasteiger partial charge in [-0.25, -0.2) is 0 Å². The summed E-state index contributed by atoms with van der Waals surface area (Å²) in [6.45, 7) is 9.15. The first-order chi connectivity index (χ1) is 10.6. The summed E-state index contributed by atoms with van der Waals surface area (Å²) < 4.78 is 5.43. The average molecular weight is 295 g/mol. The van der Waals surface area contributed by atoms with E-state index in [0.29, 0.717) is 6.04 Å². The maximum Gasteiger partial charge on any atom is 0.126 e. The van der Waals surface area contributed by atoms with Crippen molar-refractivity contribution in [2.75, 3.05) is 13.7 Å². The third kappa shape index (κ3) is 4.22. The summed E-state index contributed by atoms with van der Waals surface area (Å²) in [7, 11) is 1.71. The van der Waals surface area contributed by atoms with Crippen LogP contribution in [-0.2, 0) is 0 Å². The van der Waals surface area contributed by atoms with E-state index in [9.17, 15) is 0 Å². The molecule has 0 bridgehead atoms. The molecule has 2 rings (SSSR count). The molecule has 2 nitrogen and oxygen atoms in total. The van der Waals surface area contributed by atoms with Gasteiger partial charge in [-0.2, -0.15) is 0 Å². The molecule has 0 saturated heterocycles. The van der Waals surface area contributed by atoms with E-state index in [2.05, 4.69) is 56.1 Å². The second kappa shape index (κ2) is 7.81. The fourth-order valence-electron chi connectivity index (χ4n) is 2.45. The van der Waals surface area contributed by atoms with Crippen LogP contribution in [0.2, 0.25) is 0 Å². The van der Waals surface area contributed by atoms with E-state index < -0.39 is 0 Å². The summed E-state index contributed by atoms with van der Waals surface area (Å²) in [5.41, 5.74) is 4.81. The highest BCUT2D eigenvalue weighted by Crippen LogP contribution is 2.30. The standard InChI is InChI=1S/C20H25NO/c1-15(2)13-14-21-16(3)17-9-11-18(12-10-17)19-7-5-6-8-20(19)22-4/h5-12,16,21H,1,13-14H2,2-4H3. The van der Waals surface area contributed by atoms with Crippen molar-refractivity contribution in [2.45, 2.75) is 26.3 Å². The van der Waals surface area contributed by atoms with Gasteiger partial charge in [-0.3, -0.25) is 0 Å². The minimum Gasteiger partial charge on any atom is -0.496 e. The van der Waals surface area contributed by atoms with Gasteiger partial charge in [0.05, 0.1) is 7.11 Å². The molecule has 0 amide bonds. The Morgan fingerprint density at radius 2 is 1.82 bits per heavy atom. The Kier molecular flexibility index (Phi) is 5.79. The molecule has 0 heterocycles. The first kappa shape index (κ1) is 16.3. The minimum absolute atomic E-state index is 0.339. The van der Waals surface area contributed by atoms with Gasteiger partial charge >= 0.3 is 0 Å². The van der Waals surface area contributed by atoms with Gasteiger partial charge in [0.2, 0.25) is 0 Å². The topological polar surface area (TPSA) is 21.3 Å². The summed E-state index contributed by atoms with van der Waals surface area (Å²) in [5.74, 6) is 0.905. The highest BCUT2D eigenvalue weighted by molar-refractivity contribution is 5.70. The molecule has 2 heteroatoms. The third-order valence-corrected chi connectivity index (χ3v) is 3.83. The Bertz CT molecular complexity index is 616. The van der Waals surface area contributed by atoms with Crippen LogP contribution in [0, 0.1) is 0 Å². The first-order valence-corrected chi connectivity index (χ1v) is 7.73. The lowest BCUT2D eigenvalue weighted by molar-refractivity contribution is 0.416. The molecule has 116 valence electrons. The molecule has 0 aliphatic heterocycles. The zero-order valence-corrected chi connectivity index (χ0v) is 13.7. The lowest BCUT2D eigenvalue weighted by Crippen LogP contribution is -2.19. The van der Waals surface area contributed by atoms with Gasteiger partial charge in [0.25, 0.3) is 0 Å². The van der Waals surface area contributed by atoms with Gasteiger partial charge < -0.3 is 10.1 Å². The lowest BCUT2D eigenvalue weighted by Gasteiger charge is -2.15. The van der Waals surface area contributed by atoms with Crippen molar-refractivity contribution in [3.63, 3.8) is 0 Å². The monoisotopic (exact) mass is 295 g/mol. The summed E-state index contributed by atoms with van der Waals surface area (Å²) in [4.78, 5) is 0. The van der Waals surface area contributed by atoms with E-state index in [4.69, 9.17) is 4.74 Å². The average Bonchev–Trinajstić information content (AvgIpc) is 2.54. The first-order valence-electron chi connectivity index (χ1n) is 7.73. The largest absolute Gasteiger partial charge is 0.496 e. The summed E-state index contributed by atoms with van der Waals surface area (Å²) in [6, 6.07) is 17.1. The quantitative estimate of drug-likeness (QED) is 0.727. The molecule has 0 saturated carbocycles. The van der Waals surface area contributed by atoms with E-state index in [1.54, 1.807) is 7.11 Å². The number of para-hydroxylation sites is 1. The van der Waals surface area contributed by atoms with E-state index in [-0.39, 0.29) is 0 Å². The van der Waals surface area contributed by atoms with Crippen LogP contribution in [0.25, 0.3) is 11.1 Å². The van der Waals surface area contributed by atoms with Crippen LogP contribution >= 0.6 is 0 Å². The fourth-order valence-corrected chi connectivity index (χ4v) is 2.45. The molecular weight excluding hydrogens is 270 g/mol. The number of nitrogens with one attached hydrogen (secondary N) is 1. The molecule has 0 aromatic heterocycles. The van der Waals surface area contributed by atoms with Crippen LogP contribution in [0.15, 0.2) is 60.7 Å². The van der Waals surface area contributed by atoms with Crippen molar-refractivity contribution < 1.29 is 4.74 Å². The van der Waals surface area contributed by atoms with Crippen molar-refractivity contribution in [2.24, 2.45) is 0 Å². The molecule has 2 aromatic rings. The Balaban J connectivity index is 2.08. The van der Waals surface area contributed by atoms with E-state index in [0.717, 1.165) is 24.3 Å². The molecule has 0 aliphatic rings. The van der Waals surface area contributed by atoms with Crippen molar-refractivity contribution >= 4 is 0 Å². The predicted molar refractivity (Wildman–Crippen MR) is 94.3 cm³/mol. The van der Waals surface area contributed by atoms with Gasteiger partial charge in [-0.05, 0) is 44.0 Å². The Morgan fingerprint density at radius 1 is 1.14 bits per heavy atom. The lowest BCUT2D eigenvalue weighted by atomic mass is 10.0. The number of rotatable bonds is 7. The Labute approximate surface area is 133 Å². The van der Waals surface area contributed by atoms with Gasteiger partial charge in [-0.15, -0.1) is 6.58 Å². The number of ether oxygens (including phenoxy) is 1. The van der Waals surface area contributed by atoms with Crippen LogP contribution < -0.4 is 10.1 Å². The van der Waals surface area contributed by atoms with Gasteiger partial charge in [0, 0.05) is 11.6 Å². The Hall–Kier alpha value is -2.06. The number of hydrogen-bond acceptors (Lipinski definition) is 2. The van der Waals surface area contributed by atoms with Crippen LogP contribution in [0.4, 0.5) is 0 Å². The van der Waals surface area contributed by atoms with Crippen LogP contribution in [0.5, 0.6) is 5.75 Å². The molecule has 1 atom stereocenters. The third-order valence-electron chi connectivity index (χ3n) is 3.83. The Morgan fingerprint density at radius 3 is 2.45 bits per heavy atom. The fraction of sp³-hybridized carbons (Fsp3) is 0.300. The molecule has 22 heavy (non-hydrogen) atoms. The van der Waals surface area contributed by atoms with E-state index in [1.807, 2.05) is 18.2 Å². The molecule has 0 radical (unpaired) electrons. The molecule has 0 aliphatic carbocycles. The zero-order valence-electron chi connectivity index (χ0n) is 13.7. The summed E-state index contributed by atoms with van der Waals surface area (Å²) in [6.07, 6.45) is 1.02. The van der Waals surface area contributed by atoms with E-state index >= 15 is 0 Å². The van der Waals surface area contributed by atoms with Crippen molar-refractivity contribution in [1.29, 1.82) is 0 Å². The summed E-state index contributed by atoms with van der Waals surface area (Å²) >= 11 is 0. The maximum atomic E-state index is 5.43. The maximum absolute atomic E-state index is 5.43. The van der Waals surface area contributed by atoms with Crippen LogP contribution in [0.3, 0.4) is 0 Å². The molecule has 1 unspecified atom stereocenters. The number of benzene rings is 2. The highest BCUT2D eigenvalue weighted by atomic mass is 16.5. The molecule has 0 fully saturated rings. The smallest absolute Gasteiger partial charge is 0.126 e. The second-order valence-corrected chi connectivity index (χ2v) is 5.71. The second-order valence-electron chi connectivity index (χ2n) is 5.71. The summed E-state index contributed by atoms with van der Waals surface area (Å²) in [5, 5.41) is 3.53. The number of methoxy groups -OCH3 is 1.